The highest BCUT2D eigenvalue weighted by atomic mass is 32.1. The van der Waals surface area contributed by atoms with E-state index in [1.807, 2.05) is 42.5 Å². The minimum absolute atomic E-state index is 0.112. The molecule has 1 N–H and O–H groups in total. The fourth-order valence-electron chi connectivity index (χ4n) is 3.91. The van der Waals surface area contributed by atoms with Crippen LogP contribution < -0.4 is 5.32 Å². The molecule has 4 aromatic rings. The lowest BCUT2D eigenvalue weighted by Gasteiger charge is -2.34. The zero-order chi connectivity index (χ0) is 21.8. The summed E-state index contributed by atoms with van der Waals surface area (Å²) in [5, 5.41) is 9.87. The van der Waals surface area contributed by atoms with Crippen LogP contribution in [0.15, 0.2) is 76.7 Å². The number of rotatable bonds is 7. The van der Waals surface area contributed by atoms with E-state index in [0.29, 0.717) is 36.9 Å². The lowest BCUT2D eigenvalue weighted by atomic mass is 10.2. The summed E-state index contributed by atoms with van der Waals surface area (Å²) in [5.74, 6) is 0.451. The molecule has 0 unspecified atom stereocenters. The summed E-state index contributed by atoms with van der Waals surface area (Å²) in [5.41, 5.74) is 1.90. The van der Waals surface area contributed by atoms with E-state index < -0.39 is 0 Å². The van der Waals surface area contributed by atoms with Gasteiger partial charge >= 0.3 is 0 Å². The third-order valence-electron chi connectivity index (χ3n) is 5.53. The highest BCUT2D eigenvalue weighted by Gasteiger charge is 2.25. The van der Waals surface area contributed by atoms with Crippen LogP contribution in [-0.4, -0.2) is 53.4 Å². The zero-order valence-corrected chi connectivity index (χ0v) is 18.3. The molecule has 1 saturated heterocycles. The Labute approximate surface area is 190 Å². The number of para-hydroxylation sites is 1. The summed E-state index contributed by atoms with van der Waals surface area (Å²) in [6, 6.07) is 19.4. The van der Waals surface area contributed by atoms with E-state index in [1.165, 1.54) is 4.88 Å². The molecule has 1 amide bonds. The molecule has 7 nitrogen and oxygen atoms in total. The average molecular weight is 449 g/mol. The van der Waals surface area contributed by atoms with Crippen molar-refractivity contribution in [2.75, 3.05) is 32.8 Å². The van der Waals surface area contributed by atoms with E-state index in [2.05, 4.69) is 32.8 Å². The molecule has 8 heteroatoms. The molecule has 1 atom stereocenters. The van der Waals surface area contributed by atoms with Crippen molar-refractivity contribution in [1.29, 1.82) is 0 Å². The summed E-state index contributed by atoms with van der Waals surface area (Å²) >= 11 is 1.71. The van der Waals surface area contributed by atoms with Crippen molar-refractivity contribution in [2.24, 2.45) is 0 Å². The Bertz CT molecular complexity index is 1130. The average Bonchev–Trinajstić information content (AvgIpc) is 3.62. The number of carbonyl (C=O) groups is 1. The van der Waals surface area contributed by atoms with E-state index in [4.69, 9.17) is 9.15 Å². The first-order valence-corrected chi connectivity index (χ1v) is 11.5. The number of morpholine rings is 1. The normalized spacial score (nSPS) is 15.5. The molecule has 0 aliphatic carbocycles. The predicted octanol–water partition coefficient (Wildman–Crippen LogP) is 4.00. The third kappa shape index (κ3) is 4.38. The second-order valence-corrected chi connectivity index (χ2v) is 8.51. The smallest absolute Gasteiger partial charge is 0.270 e. The summed E-state index contributed by atoms with van der Waals surface area (Å²) in [6.45, 7) is 3.63. The fraction of sp³-hybridized carbons (Fsp3) is 0.250. The van der Waals surface area contributed by atoms with Crippen LogP contribution in [0.3, 0.4) is 0 Å². The molecular formula is C24H24N4O3S. The van der Waals surface area contributed by atoms with Crippen molar-refractivity contribution < 1.29 is 13.9 Å². The molecule has 5 rings (SSSR count). The summed E-state index contributed by atoms with van der Waals surface area (Å²) < 4.78 is 12.7. The molecule has 0 radical (unpaired) electrons. The van der Waals surface area contributed by atoms with Gasteiger partial charge in [0.1, 0.15) is 11.4 Å². The molecule has 1 aliphatic heterocycles. The molecule has 32 heavy (non-hydrogen) atoms. The Morgan fingerprint density at radius 3 is 2.66 bits per heavy atom. The Morgan fingerprint density at radius 1 is 1.09 bits per heavy atom. The summed E-state index contributed by atoms with van der Waals surface area (Å²) in [4.78, 5) is 16.9. The van der Waals surface area contributed by atoms with Crippen LogP contribution in [0.2, 0.25) is 0 Å². The second kappa shape index (κ2) is 9.52. The van der Waals surface area contributed by atoms with E-state index in [1.54, 1.807) is 28.3 Å². The Kier molecular flexibility index (Phi) is 6.15. The Balaban J connectivity index is 1.40. The number of hydrogen-bond donors (Lipinski definition) is 1. The SMILES string of the molecule is O=C(NC[C@@H](c1cccs1)N1CCOCC1)c1cc(-c2ccco2)nn1-c1ccccc1. The standard InChI is InChI=1S/C24H24N4O3S/c29-24(25-17-21(23-9-5-15-32-23)27-10-13-30-14-11-27)20-16-19(22-8-4-12-31-22)26-28(20)18-6-2-1-3-7-18/h1-9,12,15-16,21H,10-11,13-14,17H2,(H,25,29)/t21-/m0/s1. The first-order valence-electron chi connectivity index (χ1n) is 10.6. The van der Waals surface area contributed by atoms with Gasteiger partial charge in [-0.15, -0.1) is 11.3 Å². The van der Waals surface area contributed by atoms with Gasteiger partial charge in [0.2, 0.25) is 0 Å². The van der Waals surface area contributed by atoms with Gasteiger partial charge < -0.3 is 14.5 Å². The number of hydrogen-bond acceptors (Lipinski definition) is 6. The van der Waals surface area contributed by atoms with Gasteiger partial charge in [-0.1, -0.05) is 24.3 Å². The minimum atomic E-state index is -0.172. The highest BCUT2D eigenvalue weighted by Crippen LogP contribution is 2.26. The second-order valence-electron chi connectivity index (χ2n) is 7.53. The fourth-order valence-corrected chi connectivity index (χ4v) is 4.77. The third-order valence-corrected chi connectivity index (χ3v) is 6.50. The summed E-state index contributed by atoms with van der Waals surface area (Å²) in [6.07, 6.45) is 1.60. The summed E-state index contributed by atoms with van der Waals surface area (Å²) in [7, 11) is 0. The van der Waals surface area contributed by atoms with Gasteiger partial charge in [0.05, 0.1) is 31.2 Å². The van der Waals surface area contributed by atoms with Crippen molar-refractivity contribution in [3.8, 4) is 17.1 Å². The monoisotopic (exact) mass is 448 g/mol. The number of nitrogens with one attached hydrogen (secondary N) is 1. The molecule has 0 saturated carbocycles. The first kappa shape index (κ1) is 20.7. The highest BCUT2D eigenvalue weighted by molar-refractivity contribution is 7.10. The molecule has 1 aromatic carbocycles. The van der Waals surface area contributed by atoms with Crippen molar-refractivity contribution in [2.45, 2.75) is 6.04 Å². The molecule has 164 valence electrons. The van der Waals surface area contributed by atoms with Crippen molar-refractivity contribution in [1.82, 2.24) is 20.0 Å². The maximum atomic E-state index is 13.3. The van der Waals surface area contributed by atoms with Gasteiger partial charge in [-0.05, 0) is 35.7 Å². The van der Waals surface area contributed by atoms with Crippen LogP contribution >= 0.6 is 11.3 Å². The van der Waals surface area contributed by atoms with Crippen molar-refractivity contribution >= 4 is 17.2 Å². The Morgan fingerprint density at radius 2 is 1.94 bits per heavy atom. The van der Waals surface area contributed by atoms with Crippen LogP contribution in [0.1, 0.15) is 21.4 Å². The maximum Gasteiger partial charge on any atom is 0.270 e. The topological polar surface area (TPSA) is 72.5 Å². The van der Waals surface area contributed by atoms with Gasteiger partial charge in [-0.3, -0.25) is 9.69 Å². The number of nitrogens with zero attached hydrogens (tertiary/aromatic N) is 3. The van der Waals surface area contributed by atoms with Crippen LogP contribution in [0, 0.1) is 0 Å². The molecule has 1 aliphatic rings. The van der Waals surface area contributed by atoms with Crippen LogP contribution in [0.5, 0.6) is 0 Å². The number of carbonyl (C=O) groups excluding carboxylic acids is 1. The van der Waals surface area contributed by atoms with Gasteiger partial charge in [-0.25, -0.2) is 4.68 Å². The number of amides is 1. The molecule has 1 fully saturated rings. The number of aromatic nitrogens is 2. The first-order chi connectivity index (χ1) is 15.8. The van der Waals surface area contributed by atoms with Crippen molar-refractivity contribution in [3.63, 3.8) is 0 Å². The zero-order valence-electron chi connectivity index (χ0n) is 17.5. The van der Waals surface area contributed by atoms with Crippen LogP contribution in [0.25, 0.3) is 17.1 Å². The van der Waals surface area contributed by atoms with E-state index >= 15 is 0 Å². The van der Waals surface area contributed by atoms with Gasteiger partial charge in [0, 0.05) is 30.6 Å². The van der Waals surface area contributed by atoms with Gasteiger partial charge in [0.15, 0.2) is 5.76 Å². The van der Waals surface area contributed by atoms with E-state index in [0.717, 1.165) is 18.8 Å². The number of furan rings is 1. The Hall–Kier alpha value is -3.20. The lowest BCUT2D eigenvalue weighted by molar-refractivity contribution is 0.0169. The largest absolute Gasteiger partial charge is 0.463 e. The molecule has 4 heterocycles. The quantitative estimate of drug-likeness (QED) is 0.463. The maximum absolute atomic E-state index is 13.3. The number of ether oxygens (including phenoxy) is 1. The van der Waals surface area contributed by atoms with Crippen molar-refractivity contribution in [3.05, 3.63) is 82.9 Å². The van der Waals surface area contributed by atoms with E-state index in [9.17, 15) is 4.79 Å². The molecular weight excluding hydrogens is 424 g/mol. The predicted molar refractivity (Wildman–Crippen MR) is 123 cm³/mol. The van der Waals surface area contributed by atoms with Gasteiger partial charge in [-0.2, -0.15) is 5.10 Å². The molecule has 0 spiro atoms. The number of thiophene rings is 1. The van der Waals surface area contributed by atoms with Crippen LogP contribution in [0.4, 0.5) is 0 Å². The molecule has 0 bridgehead atoms. The molecule has 3 aromatic heterocycles. The van der Waals surface area contributed by atoms with E-state index in [-0.39, 0.29) is 11.9 Å². The van der Waals surface area contributed by atoms with Gasteiger partial charge in [0.25, 0.3) is 5.91 Å². The van der Waals surface area contributed by atoms with Crippen LogP contribution in [-0.2, 0) is 4.74 Å². The lowest BCUT2D eigenvalue weighted by Crippen LogP contribution is -2.43. The minimum Gasteiger partial charge on any atom is -0.463 e. The number of benzene rings is 1.